The second-order valence-corrected chi connectivity index (χ2v) is 6.72. The number of fused-ring (bicyclic) bond motifs is 4. The Morgan fingerprint density at radius 2 is 1.81 bits per heavy atom. The number of anilines is 1. The van der Waals surface area contributed by atoms with Gasteiger partial charge in [0.15, 0.2) is 11.5 Å². The van der Waals surface area contributed by atoms with E-state index < -0.39 is 0 Å². The van der Waals surface area contributed by atoms with Gasteiger partial charge in [-0.25, -0.2) is 9.97 Å². The molecule has 0 spiro atoms. The molecule has 2 aromatic heterocycles. The molecule has 136 valence electrons. The lowest BCUT2D eigenvalue weighted by molar-refractivity contribution is 0.356. The molecule has 1 N–H and O–H groups in total. The Balaban J connectivity index is 1.62. The molecule has 0 saturated heterocycles. The zero-order valence-corrected chi connectivity index (χ0v) is 15.3. The van der Waals surface area contributed by atoms with Gasteiger partial charge in [-0.1, -0.05) is 18.2 Å². The van der Waals surface area contributed by atoms with E-state index in [9.17, 15) is 0 Å². The number of benzene rings is 2. The Morgan fingerprint density at radius 3 is 2.67 bits per heavy atom. The van der Waals surface area contributed by atoms with Crippen LogP contribution in [0.25, 0.3) is 21.8 Å². The molecule has 3 heterocycles. The van der Waals surface area contributed by atoms with Crippen molar-refractivity contribution in [1.29, 1.82) is 0 Å². The number of H-pyrrole nitrogens is 1. The van der Waals surface area contributed by atoms with Crippen LogP contribution in [0, 0.1) is 0 Å². The number of nitrogens with zero attached hydrogens (tertiary/aromatic N) is 3. The van der Waals surface area contributed by atoms with Crippen LogP contribution in [0.2, 0.25) is 0 Å². The van der Waals surface area contributed by atoms with Crippen LogP contribution >= 0.6 is 0 Å². The van der Waals surface area contributed by atoms with E-state index in [1.54, 1.807) is 20.5 Å². The highest BCUT2D eigenvalue weighted by molar-refractivity contribution is 5.92. The van der Waals surface area contributed by atoms with E-state index in [1.807, 2.05) is 12.1 Å². The van der Waals surface area contributed by atoms with Gasteiger partial charge in [0.05, 0.1) is 19.7 Å². The van der Waals surface area contributed by atoms with Gasteiger partial charge in [-0.05, 0) is 12.1 Å². The van der Waals surface area contributed by atoms with Crippen molar-refractivity contribution in [2.24, 2.45) is 0 Å². The van der Waals surface area contributed by atoms with Crippen molar-refractivity contribution >= 4 is 27.6 Å². The maximum absolute atomic E-state index is 5.48. The summed E-state index contributed by atoms with van der Waals surface area (Å²) in [6, 6.07) is 12.3. The molecular weight excluding hydrogens is 340 g/mol. The summed E-state index contributed by atoms with van der Waals surface area (Å²) >= 11 is 0. The molecule has 5 rings (SSSR count). The number of ether oxygens (including phenoxy) is 2. The van der Waals surface area contributed by atoms with Crippen molar-refractivity contribution < 1.29 is 9.47 Å². The highest BCUT2D eigenvalue weighted by atomic mass is 16.5. The molecule has 2 aromatic carbocycles. The van der Waals surface area contributed by atoms with E-state index in [1.165, 1.54) is 22.2 Å². The molecule has 4 aromatic rings. The first-order chi connectivity index (χ1) is 13.3. The summed E-state index contributed by atoms with van der Waals surface area (Å²) in [6.07, 6.45) is 2.58. The van der Waals surface area contributed by atoms with E-state index >= 15 is 0 Å². The van der Waals surface area contributed by atoms with Crippen LogP contribution in [0.3, 0.4) is 0 Å². The van der Waals surface area contributed by atoms with Gasteiger partial charge >= 0.3 is 0 Å². The molecule has 0 unspecified atom stereocenters. The third kappa shape index (κ3) is 2.48. The van der Waals surface area contributed by atoms with Gasteiger partial charge in [0, 0.05) is 53.1 Å². The average Bonchev–Trinajstić information content (AvgIpc) is 3.10. The maximum Gasteiger partial charge on any atom is 0.162 e. The van der Waals surface area contributed by atoms with Crippen LogP contribution in [0.4, 0.5) is 5.82 Å². The summed E-state index contributed by atoms with van der Waals surface area (Å²) in [4.78, 5) is 14.9. The first kappa shape index (κ1) is 15.9. The van der Waals surface area contributed by atoms with Gasteiger partial charge in [-0.2, -0.15) is 0 Å². The van der Waals surface area contributed by atoms with Crippen LogP contribution in [-0.4, -0.2) is 35.7 Å². The first-order valence-electron chi connectivity index (χ1n) is 8.98. The molecule has 0 saturated carbocycles. The summed E-state index contributed by atoms with van der Waals surface area (Å²) in [6.45, 7) is 1.72. The summed E-state index contributed by atoms with van der Waals surface area (Å²) < 4.78 is 10.9. The van der Waals surface area contributed by atoms with Gasteiger partial charge in [0.25, 0.3) is 0 Å². The number of para-hydroxylation sites is 1. The van der Waals surface area contributed by atoms with Crippen LogP contribution in [-0.2, 0) is 13.0 Å². The quantitative estimate of drug-likeness (QED) is 0.604. The summed E-state index contributed by atoms with van der Waals surface area (Å²) in [5.74, 6) is 2.29. The van der Waals surface area contributed by atoms with Crippen LogP contribution in [0.1, 0.15) is 11.3 Å². The molecule has 0 bridgehead atoms. The number of hydrogen-bond donors (Lipinski definition) is 1. The number of nitrogens with one attached hydrogen (secondary N) is 1. The van der Waals surface area contributed by atoms with Crippen LogP contribution < -0.4 is 14.4 Å². The second-order valence-electron chi connectivity index (χ2n) is 6.72. The molecule has 27 heavy (non-hydrogen) atoms. The van der Waals surface area contributed by atoms with Gasteiger partial charge < -0.3 is 19.4 Å². The van der Waals surface area contributed by atoms with E-state index in [-0.39, 0.29) is 0 Å². The van der Waals surface area contributed by atoms with E-state index in [4.69, 9.17) is 9.47 Å². The van der Waals surface area contributed by atoms with Crippen molar-refractivity contribution in [3.63, 3.8) is 0 Å². The summed E-state index contributed by atoms with van der Waals surface area (Å²) in [5, 5.41) is 2.26. The lowest BCUT2D eigenvalue weighted by atomic mass is 10.0. The predicted molar refractivity (Wildman–Crippen MR) is 106 cm³/mol. The van der Waals surface area contributed by atoms with Gasteiger partial charge in [0.1, 0.15) is 12.1 Å². The third-order valence-electron chi connectivity index (χ3n) is 5.30. The Labute approximate surface area is 156 Å². The molecule has 1 aliphatic heterocycles. The fourth-order valence-electron chi connectivity index (χ4n) is 3.97. The molecule has 6 heteroatoms. The van der Waals surface area contributed by atoms with Crippen LogP contribution in [0.5, 0.6) is 11.5 Å². The van der Waals surface area contributed by atoms with Crippen LogP contribution in [0.15, 0.2) is 42.7 Å². The molecular formula is C21H20N4O2. The summed E-state index contributed by atoms with van der Waals surface area (Å²) in [7, 11) is 3.28. The SMILES string of the molecule is COc1cc2ncnc(N3CCc4[nH]c5ccccc5c4C3)c2cc1OC. The second kappa shape index (κ2) is 6.16. The monoisotopic (exact) mass is 360 g/mol. The number of methoxy groups -OCH3 is 2. The number of aromatic nitrogens is 3. The van der Waals surface area contributed by atoms with Gasteiger partial charge in [-0.3, -0.25) is 0 Å². The number of hydrogen-bond acceptors (Lipinski definition) is 5. The first-order valence-corrected chi connectivity index (χ1v) is 8.98. The molecule has 0 amide bonds. The summed E-state index contributed by atoms with van der Waals surface area (Å²) in [5.41, 5.74) is 4.72. The highest BCUT2D eigenvalue weighted by Crippen LogP contribution is 2.36. The van der Waals surface area contributed by atoms with Crippen molar-refractivity contribution in [3.05, 3.63) is 54.0 Å². The Bertz CT molecular complexity index is 1150. The smallest absolute Gasteiger partial charge is 0.162 e. The number of rotatable bonds is 3. The predicted octanol–water partition coefficient (Wildman–Crippen LogP) is 3.69. The normalized spacial score (nSPS) is 13.8. The fraction of sp³-hybridized carbons (Fsp3) is 0.238. The Morgan fingerprint density at radius 1 is 1.00 bits per heavy atom. The minimum Gasteiger partial charge on any atom is -0.493 e. The van der Waals surface area contributed by atoms with Crippen molar-refractivity contribution in [2.75, 3.05) is 25.7 Å². The molecule has 0 aliphatic carbocycles. The standard InChI is InChI=1S/C21H20N4O2/c1-26-19-9-14-18(10-20(19)27-2)22-12-23-21(14)25-8-7-17-15(11-25)13-5-3-4-6-16(13)24-17/h3-6,9-10,12,24H,7-8,11H2,1-2H3. The van der Waals surface area contributed by atoms with E-state index in [2.05, 4.69) is 44.1 Å². The molecule has 0 radical (unpaired) electrons. The number of aromatic amines is 1. The molecule has 0 fully saturated rings. The molecule has 6 nitrogen and oxygen atoms in total. The topological polar surface area (TPSA) is 63.3 Å². The lowest BCUT2D eigenvalue weighted by Gasteiger charge is -2.29. The zero-order chi connectivity index (χ0) is 18.4. The molecule has 1 aliphatic rings. The third-order valence-corrected chi connectivity index (χ3v) is 5.30. The zero-order valence-electron chi connectivity index (χ0n) is 15.3. The largest absolute Gasteiger partial charge is 0.493 e. The Kier molecular flexibility index (Phi) is 3.63. The van der Waals surface area contributed by atoms with Gasteiger partial charge in [-0.15, -0.1) is 0 Å². The average molecular weight is 360 g/mol. The Hall–Kier alpha value is -3.28. The highest BCUT2D eigenvalue weighted by Gasteiger charge is 2.23. The lowest BCUT2D eigenvalue weighted by Crippen LogP contribution is -2.31. The maximum atomic E-state index is 5.48. The van der Waals surface area contributed by atoms with Crippen molar-refractivity contribution in [2.45, 2.75) is 13.0 Å². The van der Waals surface area contributed by atoms with E-state index in [0.717, 1.165) is 36.2 Å². The molecule has 0 atom stereocenters. The fourth-order valence-corrected chi connectivity index (χ4v) is 3.97. The van der Waals surface area contributed by atoms with E-state index in [0.29, 0.717) is 11.5 Å². The van der Waals surface area contributed by atoms with Crippen molar-refractivity contribution in [1.82, 2.24) is 15.0 Å². The van der Waals surface area contributed by atoms with Crippen molar-refractivity contribution in [3.8, 4) is 11.5 Å². The van der Waals surface area contributed by atoms with Gasteiger partial charge in [0.2, 0.25) is 0 Å². The minimum atomic E-state index is 0.673. The minimum absolute atomic E-state index is 0.673.